The zero-order valence-corrected chi connectivity index (χ0v) is 19.7. The number of methoxy groups -OCH3 is 1. The van der Waals surface area contributed by atoms with E-state index < -0.39 is 28.4 Å². The number of anilines is 1. The predicted molar refractivity (Wildman–Crippen MR) is 133 cm³/mol. The maximum atomic E-state index is 13.3. The number of nitrogens with zero attached hydrogens (tertiary/aromatic N) is 2. The van der Waals surface area contributed by atoms with Gasteiger partial charge in [-0.25, -0.2) is 0 Å². The lowest BCUT2D eigenvalue weighted by Gasteiger charge is -2.26. The third-order valence-electron chi connectivity index (χ3n) is 5.77. The molecule has 1 atom stereocenters. The second-order valence-electron chi connectivity index (χ2n) is 8.10. The summed E-state index contributed by atoms with van der Waals surface area (Å²) in [6.45, 7) is 2.47. The highest BCUT2D eigenvalue weighted by molar-refractivity contribution is 6.51. The Balaban J connectivity index is 1.90. The summed E-state index contributed by atoms with van der Waals surface area (Å²) in [5.74, 6) is -1.09. The average molecular weight is 488 g/mol. The summed E-state index contributed by atoms with van der Waals surface area (Å²) in [6, 6.07) is 17.8. The summed E-state index contributed by atoms with van der Waals surface area (Å²) in [6.07, 6.45) is 0.798. The molecule has 36 heavy (non-hydrogen) atoms. The second-order valence-corrected chi connectivity index (χ2v) is 8.10. The quantitative estimate of drug-likeness (QED) is 0.155. The molecule has 0 radical (unpaired) electrons. The first-order valence-corrected chi connectivity index (χ1v) is 11.3. The standard InChI is InChI=1S/C27H24N2O7/c1-3-14-36-22-9-4-6-18(15-22)24-23(25(30)17-10-12-19(13-11-17)29(33)34)26(31)27(32)28(24)20-7-5-8-21(16-20)35-2/h4-13,15-16,24,30H,3,14H2,1-2H3/b25-23+. The van der Waals surface area contributed by atoms with Crippen LogP contribution in [0, 0.1) is 10.1 Å². The van der Waals surface area contributed by atoms with E-state index in [1.165, 1.54) is 36.3 Å². The number of hydrogen-bond acceptors (Lipinski definition) is 7. The third kappa shape index (κ3) is 4.63. The van der Waals surface area contributed by atoms with Gasteiger partial charge < -0.3 is 14.6 Å². The van der Waals surface area contributed by atoms with Crippen molar-refractivity contribution in [3.05, 3.63) is 99.6 Å². The molecule has 1 amide bonds. The van der Waals surface area contributed by atoms with E-state index in [9.17, 15) is 24.8 Å². The van der Waals surface area contributed by atoms with Crippen LogP contribution in [0.1, 0.15) is 30.5 Å². The van der Waals surface area contributed by atoms with E-state index in [0.29, 0.717) is 29.4 Å². The molecule has 4 rings (SSSR count). The topological polar surface area (TPSA) is 119 Å². The molecular formula is C27H24N2O7. The van der Waals surface area contributed by atoms with Gasteiger partial charge in [0.15, 0.2) is 0 Å². The minimum atomic E-state index is -0.975. The number of nitro benzene ring substituents is 1. The highest BCUT2D eigenvalue weighted by atomic mass is 16.6. The highest BCUT2D eigenvalue weighted by Crippen LogP contribution is 2.43. The minimum absolute atomic E-state index is 0.135. The van der Waals surface area contributed by atoms with Crippen LogP contribution in [0.25, 0.3) is 5.76 Å². The minimum Gasteiger partial charge on any atom is -0.507 e. The molecule has 9 heteroatoms. The largest absolute Gasteiger partial charge is 0.507 e. The van der Waals surface area contributed by atoms with E-state index in [0.717, 1.165) is 6.42 Å². The van der Waals surface area contributed by atoms with Crippen molar-refractivity contribution in [1.82, 2.24) is 0 Å². The molecule has 184 valence electrons. The van der Waals surface area contributed by atoms with Crippen LogP contribution in [0.3, 0.4) is 0 Å². The highest BCUT2D eigenvalue weighted by Gasteiger charge is 2.47. The van der Waals surface area contributed by atoms with E-state index in [1.807, 2.05) is 6.92 Å². The van der Waals surface area contributed by atoms with Crippen LogP contribution in [0.15, 0.2) is 78.4 Å². The number of benzene rings is 3. The summed E-state index contributed by atoms with van der Waals surface area (Å²) in [5, 5.41) is 22.2. The molecule has 0 aromatic heterocycles. The van der Waals surface area contributed by atoms with E-state index in [1.54, 1.807) is 48.5 Å². The first-order valence-electron chi connectivity index (χ1n) is 11.3. The number of aliphatic hydroxyl groups excluding tert-OH is 1. The van der Waals surface area contributed by atoms with Crippen molar-refractivity contribution in [2.75, 3.05) is 18.6 Å². The smallest absolute Gasteiger partial charge is 0.300 e. The molecule has 0 spiro atoms. The Kier molecular flexibility index (Phi) is 7.00. The number of carbonyl (C=O) groups is 2. The van der Waals surface area contributed by atoms with Crippen molar-refractivity contribution < 1.29 is 29.1 Å². The first-order chi connectivity index (χ1) is 17.3. The molecule has 1 saturated heterocycles. The number of ketones is 1. The van der Waals surface area contributed by atoms with Gasteiger partial charge in [-0.2, -0.15) is 0 Å². The van der Waals surface area contributed by atoms with Crippen LogP contribution in [0.2, 0.25) is 0 Å². The lowest BCUT2D eigenvalue weighted by atomic mass is 9.95. The van der Waals surface area contributed by atoms with Gasteiger partial charge in [0.2, 0.25) is 0 Å². The van der Waals surface area contributed by atoms with Crippen LogP contribution in [-0.2, 0) is 9.59 Å². The number of Topliss-reactive ketones (excluding diaryl/α,β-unsaturated/α-hetero) is 1. The molecule has 1 unspecified atom stereocenters. The van der Waals surface area contributed by atoms with Crippen molar-refractivity contribution in [2.24, 2.45) is 0 Å². The number of hydrogen-bond donors (Lipinski definition) is 1. The van der Waals surface area contributed by atoms with Gasteiger partial charge in [0.25, 0.3) is 17.4 Å². The molecule has 1 aliphatic heterocycles. The fourth-order valence-electron chi connectivity index (χ4n) is 4.07. The van der Waals surface area contributed by atoms with E-state index in [2.05, 4.69) is 0 Å². The maximum Gasteiger partial charge on any atom is 0.300 e. The van der Waals surface area contributed by atoms with Crippen molar-refractivity contribution in [3.63, 3.8) is 0 Å². The van der Waals surface area contributed by atoms with Crippen LogP contribution in [0.4, 0.5) is 11.4 Å². The number of nitro groups is 1. The lowest BCUT2D eigenvalue weighted by molar-refractivity contribution is -0.384. The Morgan fingerprint density at radius 3 is 2.39 bits per heavy atom. The predicted octanol–water partition coefficient (Wildman–Crippen LogP) is 5.02. The summed E-state index contributed by atoms with van der Waals surface area (Å²) >= 11 is 0. The molecular weight excluding hydrogens is 464 g/mol. The molecule has 0 saturated carbocycles. The summed E-state index contributed by atoms with van der Waals surface area (Å²) < 4.78 is 11.0. The van der Waals surface area contributed by atoms with Crippen LogP contribution in [-0.4, -0.2) is 35.4 Å². The SMILES string of the molecule is CCCOc1cccc(C2/C(=C(\O)c3ccc([N+](=O)[O-])cc3)C(=O)C(=O)N2c2cccc(OC)c2)c1. The maximum absolute atomic E-state index is 13.3. The van der Waals surface area contributed by atoms with Crippen molar-refractivity contribution in [2.45, 2.75) is 19.4 Å². The Bertz CT molecular complexity index is 1350. The Morgan fingerprint density at radius 1 is 1.03 bits per heavy atom. The van der Waals surface area contributed by atoms with Gasteiger partial charge in [0, 0.05) is 29.4 Å². The number of non-ortho nitro benzene ring substituents is 1. The molecule has 1 fully saturated rings. The monoisotopic (exact) mass is 488 g/mol. The summed E-state index contributed by atoms with van der Waals surface area (Å²) in [4.78, 5) is 38.4. The number of carbonyl (C=O) groups excluding carboxylic acids is 2. The van der Waals surface area contributed by atoms with E-state index in [-0.39, 0.29) is 16.8 Å². The summed E-state index contributed by atoms with van der Waals surface area (Å²) in [5.41, 5.74) is 0.829. The third-order valence-corrected chi connectivity index (χ3v) is 5.77. The number of ether oxygens (including phenoxy) is 2. The van der Waals surface area contributed by atoms with Crippen molar-refractivity contribution in [3.8, 4) is 11.5 Å². The van der Waals surface area contributed by atoms with Crippen LogP contribution in [0.5, 0.6) is 11.5 Å². The molecule has 0 aliphatic carbocycles. The second kappa shape index (κ2) is 10.3. The lowest BCUT2D eigenvalue weighted by Crippen LogP contribution is -2.29. The molecule has 1 heterocycles. The van der Waals surface area contributed by atoms with Gasteiger partial charge in [-0.3, -0.25) is 24.6 Å². The van der Waals surface area contributed by atoms with Crippen LogP contribution >= 0.6 is 0 Å². The Hall–Kier alpha value is -4.66. The molecule has 0 bridgehead atoms. The Morgan fingerprint density at radius 2 is 1.72 bits per heavy atom. The van der Waals surface area contributed by atoms with Gasteiger partial charge in [0.05, 0.1) is 30.3 Å². The number of amides is 1. The molecule has 3 aromatic rings. The van der Waals surface area contributed by atoms with Crippen molar-refractivity contribution >= 4 is 28.8 Å². The molecule has 1 aliphatic rings. The van der Waals surface area contributed by atoms with Gasteiger partial charge in [-0.1, -0.05) is 25.1 Å². The zero-order valence-electron chi connectivity index (χ0n) is 19.7. The molecule has 9 nitrogen and oxygen atoms in total. The fraction of sp³-hybridized carbons (Fsp3) is 0.185. The average Bonchev–Trinajstić information content (AvgIpc) is 3.17. The summed E-state index contributed by atoms with van der Waals surface area (Å²) in [7, 11) is 1.49. The normalized spacial score (nSPS) is 16.7. The zero-order chi connectivity index (χ0) is 25.8. The number of aliphatic hydroxyl groups is 1. The van der Waals surface area contributed by atoms with Gasteiger partial charge in [-0.05, 0) is 48.4 Å². The van der Waals surface area contributed by atoms with Gasteiger partial charge >= 0.3 is 0 Å². The number of rotatable bonds is 8. The van der Waals surface area contributed by atoms with Gasteiger partial charge in [0.1, 0.15) is 17.3 Å². The fourth-order valence-corrected chi connectivity index (χ4v) is 4.07. The molecule has 3 aromatic carbocycles. The van der Waals surface area contributed by atoms with Gasteiger partial charge in [-0.15, -0.1) is 0 Å². The van der Waals surface area contributed by atoms with Crippen LogP contribution < -0.4 is 14.4 Å². The van der Waals surface area contributed by atoms with Crippen molar-refractivity contribution in [1.29, 1.82) is 0 Å². The van der Waals surface area contributed by atoms with E-state index >= 15 is 0 Å². The Labute approximate surface area is 207 Å². The van der Waals surface area contributed by atoms with E-state index in [4.69, 9.17) is 9.47 Å². The molecule has 1 N–H and O–H groups in total. The first kappa shape index (κ1) is 24.5.